The number of sulfone groups is 1. The molecule has 2 atom stereocenters. The summed E-state index contributed by atoms with van der Waals surface area (Å²) < 4.78 is 37.4. The van der Waals surface area contributed by atoms with E-state index < -0.39 is 56.1 Å². The van der Waals surface area contributed by atoms with Gasteiger partial charge in [0.05, 0.1) is 12.2 Å². The fourth-order valence-electron chi connectivity index (χ4n) is 3.55. The minimum absolute atomic E-state index is 0.0109. The van der Waals surface area contributed by atoms with Crippen molar-refractivity contribution in [1.29, 1.82) is 0 Å². The first-order valence-electron chi connectivity index (χ1n) is 11.8. The molecule has 3 rings (SSSR count). The quantitative estimate of drug-likeness (QED) is 0.303. The Morgan fingerprint density at radius 2 is 1.64 bits per heavy atom. The number of pyridine rings is 1. The van der Waals surface area contributed by atoms with Gasteiger partial charge in [0.15, 0.2) is 9.84 Å². The van der Waals surface area contributed by atoms with Crippen molar-refractivity contribution < 1.29 is 32.0 Å². The molecule has 2 aromatic carbocycles. The van der Waals surface area contributed by atoms with Gasteiger partial charge in [0.2, 0.25) is 11.7 Å². The molecule has 0 aliphatic rings. The Kier molecular flexibility index (Phi) is 9.61. The molecule has 10 nitrogen and oxygen atoms in total. The Balaban J connectivity index is 1.71. The van der Waals surface area contributed by atoms with Crippen molar-refractivity contribution in [3.05, 3.63) is 95.6 Å². The fraction of sp³-hybridized carbons (Fsp3) is 0.222. The number of nitrogens with one attached hydrogen (secondary N) is 3. The van der Waals surface area contributed by atoms with Crippen LogP contribution in [0.4, 0.5) is 4.39 Å². The fourth-order valence-corrected chi connectivity index (χ4v) is 4.31. The molecule has 3 aromatic rings. The molecule has 0 bridgehead atoms. The Bertz CT molecular complexity index is 1470. The topological polar surface area (TPSA) is 151 Å². The molecule has 0 aliphatic carbocycles. The molecule has 0 fully saturated rings. The van der Waals surface area contributed by atoms with Gasteiger partial charge in [0.1, 0.15) is 22.8 Å². The van der Waals surface area contributed by atoms with Gasteiger partial charge in [0, 0.05) is 24.4 Å². The van der Waals surface area contributed by atoms with Crippen molar-refractivity contribution in [3.8, 4) is 0 Å². The maximum absolute atomic E-state index is 13.9. The van der Waals surface area contributed by atoms with E-state index in [-0.39, 0.29) is 18.5 Å². The molecule has 1 aromatic heterocycles. The van der Waals surface area contributed by atoms with Gasteiger partial charge in [0.25, 0.3) is 11.8 Å². The number of Topliss-reactive ketones (excluding diaryl/α,β-unsaturated/α-hetero) is 1. The molecule has 1 heterocycles. The van der Waals surface area contributed by atoms with Crippen LogP contribution in [0, 0.1) is 5.82 Å². The van der Waals surface area contributed by atoms with Gasteiger partial charge < -0.3 is 16.0 Å². The Morgan fingerprint density at radius 3 is 2.28 bits per heavy atom. The summed E-state index contributed by atoms with van der Waals surface area (Å²) in [5.41, 5.74) is 1.05. The summed E-state index contributed by atoms with van der Waals surface area (Å²) >= 11 is 0. The Hall–Kier alpha value is -4.45. The number of hydrogen-bond donors (Lipinski definition) is 3. The number of hydrogen-bond acceptors (Lipinski definition) is 7. The normalized spacial score (nSPS) is 12.6. The first-order valence-corrected chi connectivity index (χ1v) is 13.7. The molecule has 0 radical (unpaired) electrons. The summed E-state index contributed by atoms with van der Waals surface area (Å²) in [5, 5.41) is 7.39. The summed E-state index contributed by atoms with van der Waals surface area (Å²) in [7, 11) is -3.93. The second-order valence-electron chi connectivity index (χ2n) is 8.73. The van der Waals surface area contributed by atoms with Crippen molar-refractivity contribution in [2.45, 2.75) is 36.9 Å². The van der Waals surface area contributed by atoms with Crippen LogP contribution in [0.1, 0.15) is 28.5 Å². The summed E-state index contributed by atoms with van der Waals surface area (Å²) in [6, 6.07) is 14.2. The monoisotopic (exact) mass is 554 g/mol. The van der Waals surface area contributed by atoms with Gasteiger partial charge in [-0.25, -0.2) is 12.8 Å². The second-order valence-corrected chi connectivity index (χ2v) is 10.7. The largest absolute Gasteiger partial charge is 0.344 e. The molecular weight excluding hydrogens is 527 g/mol. The zero-order valence-electron chi connectivity index (χ0n) is 21.2. The van der Waals surface area contributed by atoms with Crippen LogP contribution >= 0.6 is 0 Å². The lowest BCUT2D eigenvalue weighted by atomic mass is 10.0. The molecule has 0 aliphatic heterocycles. The van der Waals surface area contributed by atoms with E-state index in [1.807, 2.05) is 0 Å². The van der Waals surface area contributed by atoms with Gasteiger partial charge >= 0.3 is 0 Å². The zero-order chi connectivity index (χ0) is 28.6. The lowest BCUT2D eigenvalue weighted by molar-refractivity contribution is -0.140. The van der Waals surface area contributed by atoms with E-state index in [2.05, 4.69) is 20.9 Å². The predicted molar refractivity (Wildman–Crippen MR) is 140 cm³/mol. The third-order valence-corrected chi connectivity index (χ3v) is 6.74. The molecule has 39 heavy (non-hydrogen) atoms. The highest BCUT2D eigenvalue weighted by Gasteiger charge is 2.29. The van der Waals surface area contributed by atoms with Gasteiger partial charge in [-0.3, -0.25) is 24.2 Å². The highest BCUT2D eigenvalue weighted by molar-refractivity contribution is 7.90. The summed E-state index contributed by atoms with van der Waals surface area (Å²) in [4.78, 5) is 54.6. The molecule has 0 saturated carbocycles. The van der Waals surface area contributed by atoms with Crippen LogP contribution in [-0.4, -0.2) is 55.2 Å². The summed E-state index contributed by atoms with van der Waals surface area (Å²) in [5.74, 6) is -4.41. The molecule has 0 spiro atoms. The molecule has 204 valence electrons. The van der Waals surface area contributed by atoms with E-state index in [1.54, 1.807) is 54.7 Å². The number of benzene rings is 2. The molecule has 3 N–H and O–H groups in total. The van der Waals surface area contributed by atoms with Gasteiger partial charge in [-0.2, -0.15) is 0 Å². The molecular formula is C27H27FN4O6S. The van der Waals surface area contributed by atoms with Crippen molar-refractivity contribution >= 4 is 33.3 Å². The van der Waals surface area contributed by atoms with Crippen LogP contribution in [0.25, 0.3) is 0 Å². The van der Waals surface area contributed by atoms with E-state index in [9.17, 15) is 32.0 Å². The second kappa shape index (κ2) is 12.9. The van der Waals surface area contributed by atoms with Crippen LogP contribution in [0.5, 0.6) is 0 Å². The lowest BCUT2D eigenvalue weighted by Crippen LogP contribution is -2.53. The van der Waals surface area contributed by atoms with Crippen molar-refractivity contribution in [3.63, 3.8) is 0 Å². The summed E-state index contributed by atoms with van der Waals surface area (Å²) in [6.45, 7) is 1.36. The number of aromatic nitrogens is 1. The first-order chi connectivity index (χ1) is 18.5. The Morgan fingerprint density at radius 1 is 0.949 bits per heavy atom. The third-order valence-electron chi connectivity index (χ3n) is 5.63. The number of amides is 3. The SMILES string of the molecule is C[C@@H](NC(=O)c1ccc(F)c(S(C)(=O)=O)c1)C(=O)N[C@H](Cc1ccccc1)C(=O)C(=O)NCc1ccccn1. The van der Waals surface area contributed by atoms with Crippen LogP contribution in [0.15, 0.2) is 77.8 Å². The highest BCUT2D eigenvalue weighted by atomic mass is 32.2. The van der Waals surface area contributed by atoms with Gasteiger partial charge in [-0.05, 0) is 42.8 Å². The third kappa shape index (κ3) is 8.27. The van der Waals surface area contributed by atoms with Crippen molar-refractivity contribution in [2.75, 3.05) is 6.26 Å². The molecule has 3 amide bonds. The van der Waals surface area contributed by atoms with Gasteiger partial charge in [-0.1, -0.05) is 36.4 Å². The number of nitrogens with zero attached hydrogens (tertiary/aromatic N) is 1. The van der Waals surface area contributed by atoms with Crippen LogP contribution in [0.2, 0.25) is 0 Å². The molecule has 12 heteroatoms. The zero-order valence-corrected chi connectivity index (χ0v) is 22.0. The molecule has 0 saturated heterocycles. The van der Waals surface area contributed by atoms with E-state index in [0.717, 1.165) is 24.5 Å². The van der Waals surface area contributed by atoms with Crippen LogP contribution < -0.4 is 16.0 Å². The standard InChI is InChI=1S/C27H27FN4O6S/c1-17(31-26(35)19-11-12-21(28)23(15-19)39(2,37)38)25(34)32-22(14-18-8-4-3-5-9-18)24(33)27(36)30-16-20-10-6-7-13-29-20/h3-13,15,17,22H,14,16H2,1-2H3,(H,30,36)(H,31,35)(H,32,34)/t17-,22-/m1/s1. The minimum Gasteiger partial charge on any atom is -0.344 e. The van der Waals surface area contributed by atoms with Crippen molar-refractivity contribution in [1.82, 2.24) is 20.9 Å². The number of rotatable bonds is 11. The van der Waals surface area contributed by atoms with E-state index in [0.29, 0.717) is 11.3 Å². The number of ketones is 1. The predicted octanol–water partition coefficient (Wildman–Crippen LogP) is 1.36. The average molecular weight is 555 g/mol. The maximum atomic E-state index is 13.9. The first kappa shape index (κ1) is 29.1. The minimum atomic E-state index is -3.93. The average Bonchev–Trinajstić information content (AvgIpc) is 2.91. The lowest BCUT2D eigenvalue weighted by Gasteiger charge is -2.21. The van der Waals surface area contributed by atoms with Crippen LogP contribution in [-0.2, 0) is 37.2 Å². The Labute approximate surface area is 225 Å². The van der Waals surface area contributed by atoms with E-state index in [4.69, 9.17) is 0 Å². The van der Waals surface area contributed by atoms with Crippen molar-refractivity contribution in [2.24, 2.45) is 0 Å². The number of halogens is 1. The highest BCUT2D eigenvalue weighted by Crippen LogP contribution is 2.16. The number of carbonyl (C=O) groups excluding carboxylic acids is 4. The van der Waals surface area contributed by atoms with Crippen LogP contribution in [0.3, 0.4) is 0 Å². The summed E-state index contributed by atoms with van der Waals surface area (Å²) in [6.07, 6.45) is 2.36. The van der Waals surface area contributed by atoms with Gasteiger partial charge in [-0.15, -0.1) is 0 Å². The molecule has 0 unspecified atom stereocenters. The van der Waals surface area contributed by atoms with E-state index >= 15 is 0 Å². The maximum Gasteiger partial charge on any atom is 0.289 e. The van der Waals surface area contributed by atoms with E-state index in [1.165, 1.54) is 6.92 Å². The smallest absolute Gasteiger partial charge is 0.289 e. The number of carbonyl (C=O) groups is 4.